The average molecular weight is 346 g/mol. The standard InChI is InChI=1S/C17H32NO4P/c1-2-3-4-8-11-14(17(19)20)16(23(21)22)15(18)12-13-9-6-5-7-10-13/h13-16H,2-12,18H2,1H3,(H-,19,20,21,22)/p+1. The van der Waals surface area contributed by atoms with Crippen molar-refractivity contribution in [1.82, 2.24) is 0 Å². The minimum atomic E-state index is -2.58. The molecule has 134 valence electrons. The molecular formula is C17H33NO4P+. The van der Waals surface area contributed by atoms with E-state index in [9.17, 15) is 19.4 Å². The van der Waals surface area contributed by atoms with Crippen LogP contribution in [0.3, 0.4) is 0 Å². The maximum absolute atomic E-state index is 11.8. The van der Waals surface area contributed by atoms with Gasteiger partial charge in [0.15, 0.2) is 0 Å². The van der Waals surface area contributed by atoms with Crippen molar-refractivity contribution in [3.8, 4) is 0 Å². The van der Waals surface area contributed by atoms with Gasteiger partial charge in [0.1, 0.15) is 5.92 Å². The molecule has 0 aliphatic heterocycles. The molecule has 23 heavy (non-hydrogen) atoms. The van der Waals surface area contributed by atoms with Crippen molar-refractivity contribution < 1.29 is 19.4 Å². The second kappa shape index (κ2) is 11.1. The highest BCUT2D eigenvalue weighted by Gasteiger charge is 2.46. The minimum absolute atomic E-state index is 0.444. The Balaban J connectivity index is 2.66. The van der Waals surface area contributed by atoms with Crippen LogP contribution in [0.15, 0.2) is 0 Å². The molecule has 0 bridgehead atoms. The zero-order chi connectivity index (χ0) is 17.2. The van der Waals surface area contributed by atoms with Crippen molar-refractivity contribution in [2.45, 2.75) is 89.3 Å². The molecule has 0 aromatic carbocycles. The third-order valence-electron chi connectivity index (χ3n) is 5.12. The molecule has 4 N–H and O–H groups in total. The number of hydrogen-bond acceptors (Lipinski definition) is 3. The Kier molecular flexibility index (Phi) is 9.92. The van der Waals surface area contributed by atoms with Crippen LogP contribution in [0.25, 0.3) is 0 Å². The van der Waals surface area contributed by atoms with E-state index in [1.165, 1.54) is 19.3 Å². The van der Waals surface area contributed by atoms with E-state index < -0.39 is 31.6 Å². The van der Waals surface area contributed by atoms with Gasteiger partial charge in [0.2, 0.25) is 5.66 Å². The largest absolute Gasteiger partial charge is 0.511 e. The number of carboxylic acids is 1. The van der Waals surface area contributed by atoms with Crippen LogP contribution in [0.2, 0.25) is 0 Å². The van der Waals surface area contributed by atoms with Crippen molar-refractivity contribution in [2.75, 3.05) is 0 Å². The van der Waals surface area contributed by atoms with E-state index in [0.29, 0.717) is 18.8 Å². The Morgan fingerprint density at radius 3 is 2.39 bits per heavy atom. The maximum Gasteiger partial charge on any atom is 0.511 e. The van der Waals surface area contributed by atoms with Gasteiger partial charge < -0.3 is 10.8 Å². The summed E-state index contributed by atoms with van der Waals surface area (Å²) in [7, 11) is -2.58. The zero-order valence-electron chi connectivity index (χ0n) is 14.3. The molecule has 0 heterocycles. The van der Waals surface area contributed by atoms with Gasteiger partial charge in [0, 0.05) is 0 Å². The number of carboxylic acid groups (broad SMARTS) is 1. The smallest absolute Gasteiger partial charge is 0.481 e. The van der Waals surface area contributed by atoms with Gasteiger partial charge in [0.05, 0.1) is 6.04 Å². The van der Waals surface area contributed by atoms with E-state index in [1.807, 2.05) is 0 Å². The molecule has 0 aromatic heterocycles. The monoisotopic (exact) mass is 346 g/mol. The number of rotatable bonds is 11. The van der Waals surface area contributed by atoms with Gasteiger partial charge in [-0.1, -0.05) is 64.7 Å². The molecule has 0 saturated heterocycles. The van der Waals surface area contributed by atoms with E-state index in [4.69, 9.17) is 5.73 Å². The first-order valence-corrected chi connectivity index (χ1v) is 10.4. The molecule has 0 amide bonds. The SMILES string of the molecule is CCCCCCC(C(=O)O)C(C(N)CC1CCCCC1)[P+](=O)O. The lowest BCUT2D eigenvalue weighted by atomic mass is 9.82. The van der Waals surface area contributed by atoms with E-state index in [1.54, 1.807) is 0 Å². The molecule has 5 nitrogen and oxygen atoms in total. The van der Waals surface area contributed by atoms with Crippen LogP contribution in [0.5, 0.6) is 0 Å². The molecule has 1 aliphatic rings. The molecular weight excluding hydrogens is 313 g/mol. The van der Waals surface area contributed by atoms with Gasteiger partial charge in [0.25, 0.3) is 0 Å². The normalized spacial score (nSPS) is 20.7. The van der Waals surface area contributed by atoms with E-state index in [0.717, 1.165) is 38.5 Å². The predicted molar refractivity (Wildman–Crippen MR) is 92.7 cm³/mol. The predicted octanol–water partition coefficient (Wildman–Crippen LogP) is 4.06. The Bertz CT molecular complexity index is 372. The van der Waals surface area contributed by atoms with Crippen molar-refractivity contribution in [3.63, 3.8) is 0 Å². The van der Waals surface area contributed by atoms with Gasteiger partial charge in [-0.15, -0.1) is 0 Å². The second-order valence-electron chi connectivity index (χ2n) is 6.99. The van der Waals surface area contributed by atoms with Crippen LogP contribution in [0.1, 0.15) is 77.6 Å². The van der Waals surface area contributed by atoms with Crippen LogP contribution in [0, 0.1) is 11.8 Å². The molecule has 6 heteroatoms. The van der Waals surface area contributed by atoms with Crippen LogP contribution in [0.4, 0.5) is 0 Å². The van der Waals surface area contributed by atoms with Gasteiger partial charge in [-0.2, -0.15) is 4.89 Å². The first-order chi connectivity index (χ1) is 11.0. The first kappa shape index (κ1) is 20.5. The molecule has 1 aliphatic carbocycles. The maximum atomic E-state index is 11.8. The summed E-state index contributed by atoms with van der Waals surface area (Å²) in [6.45, 7) is 2.10. The Labute approximate surface area is 140 Å². The number of nitrogens with two attached hydrogens (primary N) is 1. The van der Waals surface area contributed by atoms with Crippen molar-refractivity contribution in [3.05, 3.63) is 0 Å². The molecule has 4 atom stereocenters. The fourth-order valence-corrected chi connectivity index (χ4v) is 4.83. The Hall–Kier alpha value is -0.510. The van der Waals surface area contributed by atoms with Gasteiger partial charge in [-0.05, 0) is 23.3 Å². The number of unbranched alkanes of at least 4 members (excludes halogenated alkanes) is 3. The highest BCUT2D eigenvalue weighted by atomic mass is 31.1. The number of aliphatic carboxylic acids is 1. The quantitative estimate of drug-likeness (QED) is 0.387. The van der Waals surface area contributed by atoms with Crippen LogP contribution < -0.4 is 5.73 Å². The molecule has 1 fully saturated rings. The highest BCUT2D eigenvalue weighted by Crippen LogP contribution is 2.38. The van der Waals surface area contributed by atoms with E-state index in [2.05, 4.69) is 6.92 Å². The van der Waals surface area contributed by atoms with Gasteiger partial charge in [-0.25, -0.2) is 0 Å². The van der Waals surface area contributed by atoms with Crippen LogP contribution in [-0.2, 0) is 9.36 Å². The Morgan fingerprint density at radius 2 is 1.87 bits per heavy atom. The first-order valence-electron chi connectivity index (χ1n) is 9.11. The molecule has 4 unspecified atom stereocenters. The van der Waals surface area contributed by atoms with Crippen molar-refractivity contribution >= 4 is 14.0 Å². The average Bonchev–Trinajstić information content (AvgIpc) is 2.50. The zero-order valence-corrected chi connectivity index (χ0v) is 15.2. The number of hydrogen-bond donors (Lipinski definition) is 3. The fourth-order valence-electron chi connectivity index (χ4n) is 3.79. The minimum Gasteiger partial charge on any atom is -0.481 e. The summed E-state index contributed by atoms with van der Waals surface area (Å²) in [6, 6.07) is -0.501. The summed E-state index contributed by atoms with van der Waals surface area (Å²) in [6.07, 6.45) is 10.8. The van der Waals surface area contributed by atoms with Crippen LogP contribution >= 0.6 is 8.03 Å². The third kappa shape index (κ3) is 7.28. The summed E-state index contributed by atoms with van der Waals surface area (Å²) in [5.41, 5.74) is 5.38. The lowest BCUT2D eigenvalue weighted by Gasteiger charge is -2.27. The van der Waals surface area contributed by atoms with Gasteiger partial charge >= 0.3 is 14.0 Å². The second-order valence-corrected chi connectivity index (χ2v) is 8.19. The van der Waals surface area contributed by atoms with Crippen LogP contribution in [-0.4, -0.2) is 27.7 Å². The molecule has 1 saturated carbocycles. The molecule has 0 aromatic rings. The number of carbonyl (C=O) groups is 1. The lowest BCUT2D eigenvalue weighted by Crippen LogP contribution is -2.42. The molecule has 0 radical (unpaired) electrons. The fraction of sp³-hybridized carbons (Fsp3) is 0.941. The van der Waals surface area contributed by atoms with E-state index in [-0.39, 0.29) is 0 Å². The van der Waals surface area contributed by atoms with Gasteiger partial charge in [-0.3, -0.25) is 4.79 Å². The summed E-state index contributed by atoms with van der Waals surface area (Å²) in [5.74, 6) is -1.31. The summed E-state index contributed by atoms with van der Waals surface area (Å²) in [5, 5.41) is 9.51. The molecule has 1 rings (SSSR count). The topological polar surface area (TPSA) is 101 Å². The lowest BCUT2D eigenvalue weighted by molar-refractivity contribution is -0.142. The van der Waals surface area contributed by atoms with E-state index >= 15 is 0 Å². The Morgan fingerprint density at radius 1 is 1.22 bits per heavy atom. The summed E-state index contributed by atoms with van der Waals surface area (Å²) in [4.78, 5) is 21.3. The highest BCUT2D eigenvalue weighted by molar-refractivity contribution is 7.39. The summed E-state index contributed by atoms with van der Waals surface area (Å²) >= 11 is 0. The molecule has 0 spiro atoms. The van der Waals surface area contributed by atoms with Crippen molar-refractivity contribution in [1.29, 1.82) is 0 Å². The third-order valence-corrected chi connectivity index (χ3v) is 6.38. The van der Waals surface area contributed by atoms with Crippen molar-refractivity contribution in [2.24, 2.45) is 17.6 Å². The summed E-state index contributed by atoms with van der Waals surface area (Å²) < 4.78 is 11.8.